The molecule has 0 amide bonds. The van der Waals surface area contributed by atoms with E-state index in [1.54, 1.807) is 0 Å². The Balaban J connectivity index is 1.07. The molecule has 6 aromatic carbocycles. The van der Waals surface area contributed by atoms with Gasteiger partial charge in [0, 0.05) is 17.1 Å². The molecule has 0 radical (unpaired) electrons. The maximum Gasteiger partial charge on any atom is 0.238 e. The summed E-state index contributed by atoms with van der Waals surface area (Å²) in [6, 6.07) is 56.9. The number of aromatic nitrogens is 1. The van der Waals surface area contributed by atoms with E-state index < -0.39 is 0 Å². The molecule has 2 unspecified atom stereocenters. The number of allylic oxidation sites excluding steroid dienone is 1. The minimum absolute atomic E-state index is 0.322. The van der Waals surface area contributed by atoms with E-state index in [0.717, 1.165) is 41.0 Å². The molecule has 0 aliphatic rings. The summed E-state index contributed by atoms with van der Waals surface area (Å²) in [5.41, 5.74) is 11.0. The Bertz CT molecular complexity index is 2280. The van der Waals surface area contributed by atoms with E-state index in [2.05, 4.69) is 151 Å². The van der Waals surface area contributed by atoms with Crippen LogP contribution in [0.5, 0.6) is 0 Å². The Labute approximate surface area is 306 Å². The van der Waals surface area contributed by atoms with Gasteiger partial charge in [0.2, 0.25) is 5.89 Å². The molecule has 0 aliphatic heterocycles. The molecule has 2 atom stereocenters. The van der Waals surface area contributed by atoms with Crippen LogP contribution < -0.4 is 4.90 Å². The van der Waals surface area contributed by atoms with E-state index in [0.29, 0.717) is 28.9 Å². The maximum absolute atomic E-state index is 9.92. The Hall–Kier alpha value is -6.44. The molecule has 7 rings (SSSR count). The summed E-state index contributed by atoms with van der Waals surface area (Å²) in [7, 11) is 0. The first-order chi connectivity index (χ1) is 25.6. The van der Waals surface area contributed by atoms with Gasteiger partial charge in [0.15, 0.2) is 5.58 Å². The smallest absolute Gasteiger partial charge is 0.238 e. The number of hydrogen-bond acceptors (Lipinski definition) is 4. The zero-order valence-corrected chi connectivity index (χ0v) is 29.6. The first-order valence-corrected chi connectivity index (χ1v) is 17.9. The second kappa shape index (κ2) is 16.1. The lowest BCUT2D eigenvalue weighted by Crippen LogP contribution is -2.10. The van der Waals surface area contributed by atoms with Crippen LogP contribution in [-0.2, 0) is 0 Å². The van der Waals surface area contributed by atoms with E-state index in [1.807, 2.05) is 54.6 Å². The van der Waals surface area contributed by atoms with Gasteiger partial charge in [-0.3, -0.25) is 0 Å². The summed E-state index contributed by atoms with van der Waals surface area (Å²) < 4.78 is 5.86. The van der Waals surface area contributed by atoms with Crippen LogP contribution in [0.2, 0.25) is 0 Å². The van der Waals surface area contributed by atoms with Crippen molar-refractivity contribution in [2.24, 2.45) is 0 Å². The quantitative estimate of drug-likeness (QED) is 0.0955. The van der Waals surface area contributed by atoms with Gasteiger partial charge in [-0.15, -0.1) is 0 Å². The van der Waals surface area contributed by atoms with Crippen LogP contribution in [0.3, 0.4) is 0 Å². The van der Waals surface area contributed by atoms with Crippen molar-refractivity contribution in [3.05, 3.63) is 191 Å². The number of fused-ring (bicyclic) bond motifs is 1. The van der Waals surface area contributed by atoms with Crippen LogP contribution in [0.25, 0.3) is 34.9 Å². The number of nitriles is 1. The lowest BCUT2D eigenvalue weighted by Gasteiger charge is -2.26. The van der Waals surface area contributed by atoms with Gasteiger partial charge in [-0.1, -0.05) is 135 Å². The highest BCUT2D eigenvalue weighted by Gasteiger charge is 2.18. The molecule has 7 aromatic rings. The molecule has 0 saturated heterocycles. The van der Waals surface area contributed by atoms with Crippen molar-refractivity contribution in [3.8, 4) is 6.07 Å². The first kappa shape index (κ1) is 34.0. The van der Waals surface area contributed by atoms with Crippen molar-refractivity contribution < 1.29 is 4.42 Å². The van der Waals surface area contributed by atoms with E-state index in [9.17, 15) is 5.26 Å². The molecule has 0 fully saturated rings. The van der Waals surface area contributed by atoms with E-state index in [1.165, 1.54) is 22.3 Å². The Morgan fingerprint density at radius 2 is 1.19 bits per heavy atom. The molecule has 1 aromatic heterocycles. The molecule has 254 valence electrons. The zero-order valence-electron chi connectivity index (χ0n) is 29.6. The fourth-order valence-corrected chi connectivity index (χ4v) is 6.73. The van der Waals surface area contributed by atoms with Crippen LogP contribution in [0, 0.1) is 11.3 Å². The Morgan fingerprint density at radius 1 is 0.654 bits per heavy atom. The lowest BCUT2D eigenvalue weighted by molar-refractivity contribution is 0.544. The average molecular weight is 676 g/mol. The summed E-state index contributed by atoms with van der Waals surface area (Å²) in [5.74, 6) is 1.21. The van der Waals surface area contributed by atoms with Crippen molar-refractivity contribution in [1.82, 2.24) is 4.98 Å². The largest absolute Gasteiger partial charge is 0.435 e. The van der Waals surface area contributed by atoms with Crippen molar-refractivity contribution in [2.45, 2.75) is 38.5 Å². The summed E-state index contributed by atoms with van der Waals surface area (Å²) in [5, 5.41) is 9.92. The minimum atomic E-state index is 0.322. The van der Waals surface area contributed by atoms with Crippen LogP contribution in [0.15, 0.2) is 162 Å². The average Bonchev–Trinajstić information content (AvgIpc) is 3.64. The molecule has 0 saturated carbocycles. The number of rotatable bonds is 12. The summed E-state index contributed by atoms with van der Waals surface area (Å²) in [4.78, 5) is 6.77. The van der Waals surface area contributed by atoms with Crippen molar-refractivity contribution in [3.63, 3.8) is 0 Å². The predicted octanol–water partition coefficient (Wildman–Crippen LogP) is 13.2. The van der Waals surface area contributed by atoms with Crippen LogP contribution in [0.1, 0.15) is 72.2 Å². The van der Waals surface area contributed by atoms with Gasteiger partial charge in [0.25, 0.3) is 0 Å². The normalized spacial score (nSPS) is 12.8. The highest BCUT2D eigenvalue weighted by molar-refractivity contribution is 5.89. The molecule has 0 N–H and O–H groups in total. The lowest BCUT2D eigenvalue weighted by atomic mass is 9.84. The fraction of sp³-hybridized carbons (Fsp3) is 0.125. The van der Waals surface area contributed by atoms with E-state index >= 15 is 0 Å². The van der Waals surface area contributed by atoms with Crippen LogP contribution in [0.4, 0.5) is 17.1 Å². The van der Waals surface area contributed by atoms with E-state index in [4.69, 9.17) is 4.42 Å². The van der Waals surface area contributed by atoms with Crippen LogP contribution >= 0.6 is 0 Å². The zero-order chi connectivity index (χ0) is 35.7. The summed E-state index contributed by atoms with van der Waals surface area (Å²) in [6.45, 7) is 4.63. The third-order valence-corrected chi connectivity index (χ3v) is 9.65. The summed E-state index contributed by atoms with van der Waals surface area (Å²) in [6.07, 6.45) is 8.34. The molecule has 4 heteroatoms. The van der Waals surface area contributed by atoms with Gasteiger partial charge in [-0.25, -0.2) is 4.98 Å². The number of para-hydroxylation sites is 3. The van der Waals surface area contributed by atoms with Gasteiger partial charge >= 0.3 is 0 Å². The molecule has 52 heavy (non-hydrogen) atoms. The van der Waals surface area contributed by atoms with Gasteiger partial charge < -0.3 is 9.32 Å². The Kier molecular flexibility index (Phi) is 10.5. The molecular formula is C48H41N3O. The highest BCUT2D eigenvalue weighted by Crippen LogP contribution is 2.37. The van der Waals surface area contributed by atoms with Crippen molar-refractivity contribution >= 4 is 52.0 Å². The monoisotopic (exact) mass is 675 g/mol. The van der Waals surface area contributed by atoms with Gasteiger partial charge in [-0.2, -0.15) is 5.26 Å². The SMILES string of the molecule is CCC(CC(C)c1ccc(N(c2ccccc2)c2ccc(C=C(C#N)c3nc4ccccc4o3)cc2)cc1)c1ccc(C=Cc2ccccc2)cc1. The molecule has 4 nitrogen and oxygen atoms in total. The van der Waals surface area contributed by atoms with Crippen LogP contribution in [-0.4, -0.2) is 4.98 Å². The maximum atomic E-state index is 9.92. The number of hydrogen-bond donors (Lipinski definition) is 0. The third kappa shape index (κ3) is 7.96. The van der Waals surface area contributed by atoms with E-state index in [-0.39, 0.29) is 0 Å². The fourth-order valence-electron chi connectivity index (χ4n) is 6.73. The van der Waals surface area contributed by atoms with Gasteiger partial charge in [0.1, 0.15) is 17.2 Å². The molecule has 0 bridgehead atoms. The van der Waals surface area contributed by atoms with Gasteiger partial charge in [0.05, 0.1) is 0 Å². The molecule has 0 aliphatic carbocycles. The van der Waals surface area contributed by atoms with Crippen molar-refractivity contribution in [1.29, 1.82) is 5.26 Å². The van der Waals surface area contributed by atoms with Crippen molar-refractivity contribution in [2.75, 3.05) is 4.90 Å². The second-order valence-corrected chi connectivity index (χ2v) is 13.2. The molecule has 1 heterocycles. The topological polar surface area (TPSA) is 53.1 Å². The molecular weight excluding hydrogens is 635 g/mol. The standard InChI is InChI=1S/C48H41N3O/c1-3-39(41-24-20-37(21-25-41)19-18-36-12-6-4-7-13-36)32-35(2)40-26-30-45(31-27-40)51(43-14-8-5-9-15-43)44-28-22-38(23-29-44)33-42(34-49)48-50-46-16-10-11-17-47(46)52-48/h4-31,33,35,39H,3,32H2,1-2H3. The molecule has 0 spiro atoms. The minimum Gasteiger partial charge on any atom is -0.435 e. The number of nitrogens with zero attached hydrogens (tertiary/aromatic N) is 3. The Morgan fingerprint density at radius 3 is 1.83 bits per heavy atom. The highest BCUT2D eigenvalue weighted by atomic mass is 16.3. The number of benzene rings is 6. The first-order valence-electron chi connectivity index (χ1n) is 17.9. The summed E-state index contributed by atoms with van der Waals surface area (Å²) >= 11 is 0. The van der Waals surface area contributed by atoms with Gasteiger partial charge in [-0.05, 0) is 107 Å². The second-order valence-electron chi connectivity index (χ2n) is 13.2. The number of anilines is 3. The predicted molar refractivity (Wildman–Crippen MR) is 216 cm³/mol. The third-order valence-electron chi connectivity index (χ3n) is 9.65. The number of oxazole rings is 1.